The third-order valence-electron chi connectivity index (χ3n) is 5.80. The lowest BCUT2D eigenvalue weighted by Crippen LogP contribution is -2.52. The van der Waals surface area contributed by atoms with Crippen LogP contribution in [0.15, 0.2) is 29.8 Å². The van der Waals surface area contributed by atoms with E-state index in [0.29, 0.717) is 5.15 Å². The molecule has 1 aromatic heterocycles. The van der Waals surface area contributed by atoms with Crippen LogP contribution in [0, 0.1) is 6.92 Å². The van der Waals surface area contributed by atoms with Gasteiger partial charge in [0.2, 0.25) is 0 Å². The first-order valence-corrected chi connectivity index (χ1v) is 10.1. The van der Waals surface area contributed by atoms with Gasteiger partial charge in [-0.15, -0.1) is 0 Å². The second-order valence-corrected chi connectivity index (χ2v) is 8.64. The van der Waals surface area contributed by atoms with Crippen molar-refractivity contribution < 1.29 is 9.84 Å². The molecule has 1 aromatic carbocycles. The molecule has 0 saturated heterocycles. The Labute approximate surface area is 165 Å². The highest BCUT2D eigenvalue weighted by Crippen LogP contribution is 2.42. The number of ether oxygens (including phenoxy) is 1. The van der Waals surface area contributed by atoms with Crippen LogP contribution >= 0.6 is 11.6 Å². The molecule has 2 unspecified atom stereocenters. The van der Waals surface area contributed by atoms with Crippen LogP contribution in [0.1, 0.15) is 56.7 Å². The van der Waals surface area contributed by atoms with Crippen molar-refractivity contribution in [1.82, 2.24) is 10.3 Å². The number of aliphatic hydroxyl groups excluding tert-OH is 1. The third kappa shape index (κ3) is 3.58. The normalized spacial score (nSPS) is 23.8. The minimum Gasteiger partial charge on any atom is -0.485 e. The van der Waals surface area contributed by atoms with Crippen LogP contribution in [0.2, 0.25) is 5.15 Å². The molecule has 0 amide bonds. The van der Waals surface area contributed by atoms with Crippen molar-refractivity contribution >= 4 is 22.5 Å². The van der Waals surface area contributed by atoms with E-state index in [1.165, 1.54) is 24.8 Å². The fourth-order valence-electron chi connectivity index (χ4n) is 4.22. The number of fused-ring (bicyclic) bond motifs is 2. The highest BCUT2D eigenvalue weighted by Gasteiger charge is 2.42. The molecule has 27 heavy (non-hydrogen) atoms. The van der Waals surface area contributed by atoms with Gasteiger partial charge < -0.3 is 15.2 Å². The number of aryl methyl sites for hydroxylation is 1. The Morgan fingerprint density at radius 2 is 2.15 bits per heavy atom. The van der Waals surface area contributed by atoms with Crippen molar-refractivity contribution in [3.8, 4) is 5.75 Å². The molecule has 2 aromatic rings. The van der Waals surface area contributed by atoms with Crippen molar-refractivity contribution in [2.45, 2.75) is 64.2 Å². The Morgan fingerprint density at radius 3 is 2.89 bits per heavy atom. The fraction of sp³-hybridized carbons (Fsp3) is 0.500. The second kappa shape index (κ2) is 7.08. The standard InChI is InChI=1S/C22H27ClN2O2/c1-13-10-19(23)25-17-11-16-18(12-15(13)17)27-22(2,3)21(26)20(16)24-9-8-14-6-4-5-7-14/h6,10-12,20-21,24,26H,4-5,7-9H2,1-3H3. The lowest BCUT2D eigenvalue weighted by Gasteiger charge is -2.42. The van der Waals surface area contributed by atoms with Gasteiger partial charge in [0.05, 0.1) is 11.6 Å². The molecule has 0 spiro atoms. The number of nitrogens with zero attached hydrogens (tertiary/aromatic N) is 1. The maximum Gasteiger partial charge on any atom is 0.131 e. The Hall–Kier alpha value is -1.62. The molecule has 2 N–H and O–H groups in total. The minimum absolute atomic E-state index is 0.198. The summed E-state index contributed by atoms with van der Waals surface area (Å²) in [6.45, 7) is 6.73. The van der Waals surface area contributed by atoms with Gasteiger partial charge in [-0.05, 0) is 76.8 Å². The average molecular weight is 387 g/mol. The number of pyridine rings is 1. The SMILES string of the molecule is Cc1cc(Cl)nc2cc3c(cc12)OC(C)(C)C(O)C3NCCC1=CCCC1. The van der Waals surface area contributed by atoms with Gasteiger partial charge in [0.15, 0.2) is 0 Å². The smallest absolute Gasteiger partial charge is 0.131 e. The van der Waals surface area contributed by atoms with Gasteiger partial charge in [0.25, 0.3) is 0 Å². The lowest BCUT2D eigenvalue weighted by molar-refractivity contribution is -0.0642. The zero-order valence-electron chi connectivity index (χ0n) is 16.2. The quantitative estimate of drug-likeness (QED) is 0.582. The minimum atomic E-state index is -0.668. The van der Waals surface area contributed by atoms with Crippen molar-refractivity contribution in [3.63, 3.8) is 0 Å². The predicted octanol–water partition coefficient (Wildman–Crippen LogP) is 4.86. The summed E-state index contributed by atoms with van der Waals surface area (Å²) in [6, 6.07) is 5.71. The molecular weight excluding hydrogens is 360 g/mol. The molecule has 5 heteroatoms. The van der Waals surface area contributed by atoms with E-state index < -0.39 is 11.7 Å². The molecule has 0 radical (unpaired) electrons. The van der Waals surface area contributed by atoms with E-state index in [1.807, 2.05) is 39.0 Å². The topological polar surface area (TPSA) is 54.4 Å². The zero-order chi connectivity index (χ0) is 19.2. The molecule has 1 aliphatic carbocycles. The van der Waals surface area contributed by atoms with Crippen LogP contribution in [0.4, 0.5) is 0 Å². The van der Waals surface area contributed by atoms with Crippen molar-refractivity contribution in [2.24, 2.45) is 0 Å². The monoisotopic (exact) mass is 386 g/mol. The number of nitrogens with one attached hydrogen (secondary N) is 1. The lowest BCUT2D eigenvalue weighted by atomic mass is 9.85. The van der Waals surface area contributed by atoms with E-state index in [0.717, 1.165) is 40.7 Å². The molecule has 2 atom stereocenters. The van der Waals surface area contributed by atoms with Gasteiger partial charge in [-0.3, -0.25) is 0 Å². The first-order chi connectivity index (χ1) is 12.8. The van der Waals surface area contributed by atoms with E-state index in [4.69, 9.17) is 16.3 Å². The summed E-state index contributed by atoms with van der Waals surface area (Å²) in [5.41, 5.74) is 3.70. The van der Waals surface area contributed by atoms with Gasteiger partial charge in [0.1, 0.15) is 22.6 Å². The summed E-state index contributed by atoms with van der Waals surface area (Å²) in [5.74, 6) is 0.808. The van der Waals surface area contributed by atoms with E-state index in [1.54, 1.807) is 0 Å². The van der Waals surface area contributed by atoms with Gasteiger partial charge >= 0.3 is 0 Å². The van der Waals surface area contributed by atoms with Gasteiger partial charge in [-0.2, -0.15) is 0 Å². The summed E-state index contributed by atoms with van der Waals surface area (Å²) in [7, 11) is 0. The maximum atomic E-state index is 11.0. The Kier molecular flexibility index (Phi) is 4.91. The van der Waals surface area contributed by atoms with Crippen molar-refractivity contribution in [2.75, 3.05) is 6.54 Å². The largest absolute Gasteiger partial charge is 0.485 e. The highest BCUT2D eigenvalue weighted by molar-refractivity contribution is 6.29. The number of halogens is 1. The van der Waals surface area contributed by atoms with Crippen LogP contribution in [0.3, 0.4) is 0 Å². The van der Waals surface area contributed by atoms with Crippen LogP contribution < -0.4 is 10.1 Å². The van der Waals surface area contributed by atoms with E-state index in [9.17, 15) is 5.11 Å². The highest BCUT2D eigenvalue weighted by atomic mass is 35.5. The van der Waals surface area contributed by atoms with E-state index >= 15 is 0 Å². The molecule has 2 aliphatic rings. The summed E-state index contributed by atoms with van der Waals surface area (Å²) in [4.78, 5) is 4.48. The Morgan fingerprint density at radius 1 is 1.33 bits per heavy atom. The van der Waals surface area contributed by atoms with Crippen LogP contribution in [-0.2, 0) is 0 Å². The van der Waals surface area contributed by atoms with Gasteiger partial charge in [-0.1, -0.05) is 23.3 Å². The van der Waals surface area contributed by atoms with Gasteiger partial charge in [-0.25, -0.2) is 4.98 Å². The number of hydrogen-bond acceptors (Lipinski definition) is 4. The number of aliphatic hydroxyl groups is 1. The summed E-state index contributed by atoms with van der Waals surface area (Å²) < 4.78 is 6.17. The average Bonchev–Trinajstić information content (AvgIpc) is 3.11. The molecule has 0 fully saturated rings. The first-order valence-electron chi connectivity index (χ1n) is 9.74. The summed E-state index contributed by atoms with van der Waals surface area (Å²) in [6.07, 6.45) is 6.39. The Bertz CT molecular complexity index is 907. The number of aromatic nitrogens is 1. The molecule has 0 saturated carbocycles. The zero-order valence-corrected chi connectivity index (χ0v) is 16.9. The Balaban J connectivity index is 1.69. The fourth-order valence-corrected chi connectivity index (χ4v) is 4.47. The van der Waals surface area contributed by atoms with E-state index in [-0.39, 0.29) is 6.04 Å². The molecule has 4 rings (SSSR count). The molecule has 4 nitrogen and oxygen atoms in total. The maximum absolute atomic E-state index is 11.0. The molecule has 1 aliphatic heterocycles. The number of benzene rings is 1. The molecule has 0 bridgehead atoms. The molecule has 2 heterocycles. The third-order valence-corrected chi connectivity index (χ3v) is 5.99. The van der Waals surface area contributed by atoms with E-state index in [2.05, 4.69) is 16.4 Å². The number of allylic oxidation sites excluding steroid dienone is 1. The number of hydrogen-bond donors (Lipinski definition) is 2. The van der Waals surface area contributed by atoms with Gasteiger partial charge in [0, 0.05) is 10.9 Å². The molecular formula is C22H27ClN2O2. The number of rotatable bonds is 4. The van der Waals surface area contributed by atoms with Crippen molar-refractivity contribution in [1.29, 1.82) is 0 Å². The van der Waals surface area contributed by atoms with Crippen LogP contribution in [0.5, 0.6) is 5.75 Å². The first kappa shape index (κ1) is 18.7. The second-order valence-electron chi connectivity index (χ2n) is 8.26. The summed E-state index contributed by atoms with van der Waals surface area (Å²) >= 11 is 6.16. The molecule has 144 valence electrons. The van der Waals surface area contributed by atoms with Crippen LogP contribution in [-0.4, -0.2) is 28.3 Å². The predicted molar refractivity (Wildman–Crippen MR) is 109 cm³/mol. The summed E-state index contributed by atoms with van der Waals surface area (Å²) in [5, 5.41) is 16.1. The van der Waals surface area contributed by atoms with Crippen LogP contribution in [0.25, 0.3) is 10.9 Å². The van der Waals surface area contributed by atoms with Crippen molar-refractivity contribution in [3.05, 3.63) is 46.1 Å².